The van der Waals surface area contributed by atoms with Crippen LogP contribution in [0.2, 0.25) is 0 Å². The first-order valence-corrected chi connectivity index (χ1v) is 9.34. The van der Waals surface area contributed by atoms with Crippen molar-refractivity contribution in [3.8, 4) is 5.75 Å². The van der Waals surface area contributed by atoms with E-state index in [1.807, 2.05) is 36.4 Å². The second kappa shape index (κ2) is 7.59. The average Bonchev–Trinajstić information content (AvgIpc) is 2.51. The van der Waals surface area contributed by atoms with E-state index in [9.17, 15) is 9.46 Å². The number of benzene rings is 2. The maximum absolute atomic E-state index is 11.3. The topological polar surface area (TPSA) is 55.8 Å². The third kappa shape index (κ3) is 4.70. The molecule has 2 atom stereocenters. The predicted molar refractivity (Wildman–Crippen MR) is 87.1 cm³/mol. The van der Waals surface area contributed by atoms with Crippen LogP contribution in [0.25, 0.3) is 0 Å². The lowest BCUT2D eigenvalue weighted by atomic mass is 9.87. The van der Waals surface area contributed by atoms with Gasteiger partial charge in [0.2, 0.25) is 0 Å². The van der Waals surface area contributed by atoms with Gasteiger partial charge in [-0.2, -0.15) is 0 Å². The largest absolute Gasteiger partial charge is 0.363 e. The molecule has 1 N–H and O–H groups in total. The summed E-state index contributed by atoms with van der Waals surface area (Å²) in [5, 5.41) is 0. The van der Waals surface area contributed by atoms with Gasteiger partial charge in [0.25, 0.3) is 0 Å². The van der Waals surface area contributed by atoms with Crippen molar-refractivity contribution in [2.75, 3.05) is 6.66 Å². The predicted octanol–water partition coefficient (Wildman–Crippen LogP) is 4.74. The Hall–Kier alpha value is -1.61. The lowest BCUT2D eigenvalue weighted by Gasteiger charge is -2.20. The highest BCUT2D eigenvalue weighted by Crippen LogP contribution is 2.40. The molecular formula is C17H21O4P. The normalized spacial score (nSPS) is 15.0. The maximum atomic E-state index is 11.3. The maximum Gasteiger partial charge on any atom is 0.363 e. The van der Waals surface area contributed by atoms with E-state index >= 15 is 0 Å². The summed E-state index contributed by atoms with van der Waals surface area (Å²) in [6.45, 7) is 3.22. The summed E-state index contributed by atoms with van der Waals surface area (Å²) in [4.78, 5) is 14.4. The monoisotopic (exact) mass is 320 g/mol. The van der Waals surface area contributed by atoms with Gasteiger partial charge >= 0.3 is 7.60 Å². The van der Waals surface area contributed by atoms with E-state index in [4.69, 9.17) is 4.89 Å². The van der Waals surface area contributed by atoms with Gasteiger partial charge in [0.05, 0.1) is 0 Å². The Bertz CT molecular complexity index is 636. The average molecular weight is 320 g/mol. The first-order chi connectivity index (χ1) is 10.5. The molecule has 5 heteroatoms. The fourth-order valence-corrected chi connectivity index (χ4v) is 2.65. The first kappa shape index (κ1) is 16.8. The van der Waals surface area contributed by atoms with E-state index in [0.29, 0.717) is 5.75 Å². The zero-order chi connectivity index (χ0) is 16.0. The number of hydrogen-bond donors (Lipinski definition) is 1. The molecule has 0 spiro atoms. The fraction of sp³-hybridized carbons (Fsp3) is 0.294. The summed E-state index contributed by atoms with van der Waals surface area (Å²) in [6, 6.07) is 17.6. The van der Waals surface area contributed by atoms with Crippen molar-refractivity contribution in [3.05, 3.63) is 65.7 Å². The van der Waals surface area contributed by atoms with Crippen LogP contribution in [0.15, 0.2) is 54.6 Å². The minimum atomic E-state index is -3.69. The van der Waals surface area contributed by atoms with Crippen LogP contribution in [0, 0.1) is 0 Å². The third-order valence-electron chi connectivity index (χ3n) is 3.34. The zero-order valence-corrected chi connectivity index (χ0v) is 13.7. The number of para-hydroxylation sites is 1. The van der Waals surface area contributed by atoms with Gasteiger partial charge < -0.3 is 9.78 Å². The van der Waals surface area contributed by atoms with E-state index in [1.165, 1.54) is 5.56 Å². The molecule has 2 rings (SSSR count). The smallest absolute Gasteiger partial charge is 0.329 e. The van der Waals surface area contributed by atoms with Crippen molar-refractivity contribution in [2.45, 2.75) is 25.7 Å². The highest BCUT2D eigenvalue weighted by Gasteiger charge is 2.20. The van der Waals surface area contributed by atoms with E-state index in [0.717, 1.165) is 25.1 Å². The van der Waals surface area contributed by atoms with Gasteiger partial charge in [0.15, 0.2) is 5.75 Å². The van der Waals surface area contributed by atoms with Gasteiger partial charge in [-0.1, -0.05) is 61.9 Å². The quantitative estimate of drug-likeness (QED) is 0.454. The summed E-state index contributed by atoms with van der Waals surface area (Å²) < 4.78 is 15.9. The van der Waals surface area contributed by atoms with Crippen LogP contribution in [0.4, 0.5) is 0 Å². The Balaban J connectivity index is 2.34. The van der Waals surface area contributed by atoms with E-state index in [-0.39, 0.29) is 5.92 Å². The Kier molecular flexibility index (Phi) is 5.78. The Morgan fingerprint density at radius 2 is 1.73 bits per heavy atom. The molecule has 0 aromatic heterocycles. The molecule has 4 nitrogen and oxygen atoms in total. The minimum Gasteiger partial charge on any atom is -0.329 e. The second-order valence-electron chi connectivity index (χ2n) is 5.25. The minimum absolute atomic E-state index is 0.154. The van der Waals surface area contributed by atoms with E-state index < -0.39 is 7.60 Å². The lowest BCUT2D eigenvalue weighted by molar-refractivity contribution is -0.108. The molecule has 0 aliphatic carbocycles. The van der Waals surface area contributed by atoms with Gasteiger partial charge in [0.1, 0.15) is 0 Å². The molecule has 0 fully saturated rings. The molecule has 0 saturated heterocycles. The molecule has 0 amide bonds. The summed E-state index contributed by atoms with van der Waals surface area (Å²) >= 11 is 0. The van der Waals surface area contributed by atoms with Crippen LogP contribution < -0.4 is 4.89 Å². The molecule has 0 heterocycles. The van der Waals surface area contributed by atoms with Crippen LogP contribution in [-0.4, -0.2) is 11.6 Å². The van der Waals surface area contributed by atoms with Crippen molar-refractivity contribution in [3.63, 3.8) is 0 Å². The summed E-state index contributed by atoms with van der Waals surface area (Å²) in [5.41, 5.74) is 2.13. The Morgan fingerprint density at radius 3 is 2.36 bits per heavy atom. The highest BCUT2D eigenvalue weighted by atomic mass is 31.2. The molecule has 0 saturated carbocycles. The lowest BCUT2D eigenvalue weighted by Crippen LogP contribution is -2.05. The van der Waals surface area contributed by atoms with E-state index in [1.54, 1.807) is 6.07 Å². The molecule has 0 aliphatic heterocycles. The number of rotatable bonds is 7. The molecular weight excluding hydrogens is 299 g/mol. The molecule has 22 heavy (non-hydrogen) atoms. The molecule has 2 aromatic rings. The van der Waals surface area contributed by atoms with Gasteiger partial charge in [-0.05, 0) is 18.1 Å². The molecule has 0 bridgehead atoms. The molecule has 0 aliphatic rings. The van der Waals surface area contributed by atoms with Crippen molar-refractivity contribution < 1.29 is 19.0 Å². The molecule has 118 valence electrons. The van der Waals surface area contributed by atoms with Crippen LogP contribution in [0.5, 0.6) is 5.75 Å². The van der Waals surface area contributed by atoms with Crippen molar-refractivity contribution >= 4 is 7.60 Å². The highest BCUT2D eigenvalue weighted by molar-refractivity contribution is 7.51. The summed E-state index contributed by atoms with van der Waals surface area (Å²) in [5.74, 6) is 0.627. The summed E-state index contributed by atoms with van der Waals surface area (Å²) in [7, 11) is -3.69. The van der Waals surface area contributed by atoms with E-state index in [2.05, 4.69) is 23.7 Å². The van der Waals surface area contributed by atoms with Crippen molar-refractivity contribution in [1.29, 1.82) is 0 Å². The van der Waals surface area contributed by atoms with Crippen LogP contribution in [0.3, 0.4) is 0 Å². The fourth-order valence-electron chi connectivity index (χ4n) is 2.43. The second-order valence-corrected chi connectivity index (χ2v) is 7.01. The van der Waals surface area contributed by atoms with Crippen molar-refractivity contribution in [1.82, 2.24) is 0 Å². The number of hydrogen-bond acceptors (Lipinski definition) is 3. The van der Waals surface area contributed by atoms with Crippen LogP contribution in [-0.2, 0) is 9.24 Å². The Morgan fingerprint density at radius 1 is 1.09 bits per heavy atom. The molecule has 2 unspecified atom stereocenters. The first-order valence-electron chi connectivity index (χ1n) is 7.31. The Labute approximate surface area is 131 Å². The summed E-state index contributed by atoms with van der Waals surface area (Å²) in [6.07, 6.45) is 1.97. The van der Waals surface area contributed by atoms with Gasteiger partial charge in [-0.3, -0.25) is 4.57 Å². The van der Waals surface area contributed by atoms with Gasteiger partial charge in [-0.25, -0.2) is 0 Å². The van der Waals surface area contributed by atoms with Crippen LogP contribution >= 0.6 is 7.60 Å². The third-order valence-corrected chi connectivity index (χ3v) is 3.69. The van der Waals surface area contributed by atoms with Gasteiger partial charge in [0, 0.05) is 18.1 Å². The van der Waals surface area contributed by atoms with Crippen molar-refractivity contribution in [2.24, 2.45) is 0 Å². The SMILES string of the molecule is CCCC(c1ccccc1)c1ccccc1OOP(C)(=O)O. The molecule has 0 radical (unpaired) electrons. The van der Waals surface area contributed by atoms with Gasteiger partial charge in [-0.15, -0.1) is 4.67 Å². The van der Waals surface area contributed by atoms with Crippen LogP contribution in [0.1, 0.15) is 36.8 Å². The standard InChI is InChI=1S/C17H21O4P/c1-3-9-15(14-10-5-4-6-11-14)16-12-7-8-13-17(16)20-21-22(2,18)19/h4-8,10-13,15H,3,9H2,1-2H3,(H,18,19). The molecule has 2 aromatic carbocycles. The zero-order valence-electron chi connectivity index (χ0n) is 12.8.